The molecule has 2 aromatic carbocycles. The molecule has 0 saturated carbocycles. The van der Waals surface area contributed by atoms with Crippen LogP contribution in [0, 0.1) is 0 Å². The number of amides is 1. The van der Waals surface area contributed by atoms with Gasteiger partial charge in [0.25, 0.3) is 5.91 Å². The molecule has 168 valence electrons. The van der Waals surface area contributed by atoms with E-state index in [0.29, 0.717) is 11.1 Å². The van der Waals surface area contributed by atoms with E-state index in [1.54, 1.807) is 62.9 Å². The van der Waals surface area contributed by atoms with Gasteiger partial charge in [-0.25, -0.2) is 13.1 Å². The lowest BCUT2D eigenvalue weighted by Gasteiger charge is -2.21. The second-order valence-electron chi connectivity index (χ2n) is 8.59. The van der Waals surface area contributed by atoms with Gasteiger partial charge in [0.2, 0.25) is 10.0 Å². The molecule has 1 aliphatic heterocycles. The Kier molecular flexibility index (Phi) is 7.80. The van der Waals surface area contributed by atoms with Crippen LogP contribution in [0.5, 0.6) is 0 Å². The number of carbonyl (C=O) groups excluding carboxylic acids is 1. The van der Waals surface area contributed by atoms with Gasteiger partial charge in [-0.1, -0.05) is 30.3 Å². The second kappa shape index (κ2) is 10.2. The monoisotopic (exact) mass is 462 g/mol. The fourth-order valence-corrected chi connectivity index (χ4v) is 6.16. The summed E-state index contributed by atoms with van der Waals surface area (Å²) in [5.41, 5.74) is 0.518. The molecule has 3 rings (SSSR count). The van der Waals surface area contributed by atoms with Crippen LogP contribution < -0.4 is 10.0 Å². The summed E-state index contributed by atoms with van der Waals surface area (Å²) in [5, 5.41) is 2.88. The minimum absolute atomic E-state index is 0.116. The molecule has 0 spiro atoms. The van der Waals surface area contributed by atoms with E-state index in [0.717, 1.165) is 30.1 Å². The SMILES string of the molecule is CC(C)(C)NS(=O)(=O)c1ccccc1CNC(=O)c1ccccc1SCC1CCCO1. The van der Waals surface area contributed by atoms with Crippen molar-refractivity contribution in [3.63, 3.8) is 0 Å². The van der Waals surface area contributed by atoms with Crippen molar-refractivity contribution in [1.29, 1.82) is 0 Å². The molecule has 1 unspecified atom stereocenters. The minimum atomic E-state index is -3.71. The Morgan fingerprint density at radius 1 is 1.13 bits per heavy atom. The molecule has 1 amide bonds. The van der Waals surface area contributed by atoms with Crippen LogP contribution in [-0.4, -0.2) is 38.3 Å². The van der Waals surface area contributed by atoms with E-state index in [2.05, 4.69) is 10.0 Å². The summed E-state index contributed by atoms with van der Waals surface area (Å²) in [4.78, 5) is 14.0. The highest BCUT2D eigenvalue weighted by atomic mass is 32.2. The van der Waals surface area contributed by atoms with Gasteiger partial charge in [-0.3, -0.25) is 4.79 Å². The van der Waals surface area contributed by atoms with Crippen LogP contribution >= 0.6 is 11.8 Å². The molecular formula is C23H30N2O4S2. The largest absolute Gasteiger partial charge is 0.377 e. The van der Waals surface area contributed by atoms with Crippen molar-refractivity contribution >= 4 is 27.7 Å². The topological polar surface area (TPSA) is 84.5 Å². The summed E-state index contributed by atoms with van der Waals surface area (Å²) in [7, 11) is -3.71. The highest BCUT2D eigenvalue weighted by molar-refractivity contribution is 7.99. The van der Waals surface area contributed by atoms with Crippen LogP contribution in [0.15, 0.2) is 58.3 Å². The first-order chi connectivity index (χ1) is 14.7. The first-order valence-corrected chi connectivity index (χ1v) is 12.9. The predicted molar refractivity (Wildman–Crippen MR) is 124 cm³/mol. The summed E-state index contributed by atoms with van der Waals surface area (Å²) in [6, 6.07) is 14.2. The normalized spacial score (nSPS) is 16.9. The molecule has 0 aliphatic carbocycles. The molecule has 1 heterocycles. The number of hydrogen-bond acceptors (Lipinski definition) is 5. The van der Waals surface area contributed by atoms with Crippen LogP contribution in [0.1, 0.15) is 49.5 Å². The standard InChI is InChI=1S/C23H30N2O4S2/c1-23(2,3)25-31(27,28)21-13-7-4-9-17(21)15-24-22(26)19-11-5-6-12-20(19)30-16-18-10-8-14-29-18/h4-7,9,11-13,18,25H,8,10,14-16H2,1-3H3,(H,24,26). The number of ether oxygens (including phenoxy) is 1. The van der Waals surface area contributed by atoms with Crippen LogP contribution in [0.25, 0.3) is 0 Å². The third-order valence-corrected chi connectivity index (χ3v) is 7.79. The summed E-state index contributed by atoms with van der Waals surface area (Å²) in [5.74, 6) is 0.579. The first-order valence-electron chi connectivity index (χ1n) is 10.4. The van der Waals surface area contributed by atoms with E-state index >= 15 is 0 Å². The molecule has 8 heteroatoms. The molecular weight excluding hydrogens is 432 g/mol. The van der Waals surface area contributed by atoms with Gasteiger partial charge in [-0.05, 0) is 57.4 Å². The molecule has 6 nitrogen and oxygen atoms in total. The third kappa shape index (κ3) is 6.80. The summed E-state index contributed by atoms with van der Waals surface area (Å²) in [6.45, 7) is 6.30. The minimum Gasteiger partial charge on any atom is -0.377 e. The predicted octanol–water partition coefficient (Wildman–Crippen LogP) is 3.96. The van der Waals surface area contributed by atoms with Crippen molar-refractivity contribution in [2.75, 3.05) is 12.4 Å². The lowest BCUT2D eigenvalue weighted by Crippen LogP contribution is -2.41. The van der Waals surface area contributed by atoms with Gasteiger partial charge in [0.1, 0.15) is 0 Å². The Morgan fingerprint density at radius 3 is 2.55 bits per heavy atom. The zero-order valence-electron chi connectivity index (χ0n) is 18.2. The van der Waals surface area contributed by atoms with E-state index in [1.165, 1.54) is 0 Å². The fraction of sp³-hybridized carbons (Fsp3) is 0.435. The van der Waals surface area contributed by atoms with Crippen LogP contribution in [0.4, 0.5) is 0 Å². The molecule has 1 saturated heterocycles. The number of nitrogens with one attached hydrogen (secondary N) is 2. The maximum Gasteiger partial charge on any atom is 0.252 e. The average molecular weight is 463 g/mol. The lowest BCUT2D eigenvalue weighted by atomic mass is 10.1. The van der Waals surface area contributed by atoms with Crippen molar-refractivity contribution in [3.05, 3.63) is 59.7 Å². The first kappa shape index (κ1) is 23.8. The Hall–Kier alpha value is -1.87. The molecule has 1 aliphatic rings. The molecule has 0 bridgehead atoms. The molecule has 0 aromatic heterocycles. The quantitative estimate of drug-likeness (QED) is 0.580. The molecule has 1 fully saturated rings. The molecule has 2 N–H and O–H groups in total. The molecule has 0 radical (unpaired) electrons. The Labute approximate surface area is 189 Å². The maximum atomic E-state index is 12.9. The number of carbonyl (C=O) groups is 1. The van der Waals surface area contributed by atoms with Gasteiger partial charge < -0.3 is 10.1 Å². The lowest BCUT2D eigenvalue weighted by molar-refractivity contribution is 0.0947. The van der Waals surface area contributed by atoms with Gasteiger partial charge in [0.05, 0.1) is 16.6 Å². The zero-order valence-corrected chi connectivity index (χ0v) is 19.8. The second-order valence-corrected chi connectivity index (χ2v) is 11.3. The van der Waals surface area contributed by atoms with E-state index in [4.69, 9.17) is 4.74 Å². The van der Waals surface area contributed by atoms with Crippen molar-refractivity contribution in [3.8, 4) is 0 Å². The van der Waals surface area contributed by atoms with Crippen LogP contribution in [0.2, 0.25) is 0 Å². The number of benzene rings is 2. The van der Waals surface area contributed by atoms with E-state index < -0.39 is 15.6 Å². The molecule has 2 aromatic rings. The fourth-order valence-electron chi connectivity index (χ4n) is 3.38. The molecule has 1 atom stereocenters. The van der Waals surface area contributed by atoms with Gasteiger partial charge >= 0.3 is 0 Å². The molecule has 31 heavy (non-hydrogen) atoms. The number of sulfonamides is 1. The summed E-state index contributed by atoms with van der Waals surface area (Å²) < 4.78 is 34.0. The van der Waals surface area contributed by atoms with E-state index in [1.807, 2.05) is 18.2 Å². The van der Waals surface area contributed by atoms with Crippen LogP contribution in [0.3, 0.4) is 0 Å². The van der Waals surface area contributed by atoms with Crippen LogP contribution in [-0.2, 0) is 21.3 Å². The Bertz CT molecular complexity index is 1010. The van der Waals surface area contributed by atoms with Crippen molar-refractivity contribution in [2.45, 2.75) is 61.6 Å². The van der Waals surface area contributed by atoms with Crippen molar-refractivity contribution < 1.29 is 17.9 Å². The summed E-state index contributed by atoms with van der Waals surface area (Å²) in [6.07, 6.45) is 2.36. The van der Waals surface area contributed by atoms with Gasteiger partial charge in [0.15, 0.2) is 0 Å². The highest BCUT2D eigenvalue weighted by Crippen LogP contribution is 2.27. The number of hydrogen-bond donors (Lipinski definition) is 2. The number of rotatable bonds is 8. The van der Waals surface area contributed by atoms with E-state index in [9.17, 15) is 13.2 Å². The van der Waals surface area contributed by atoms with Gasteiger partial charge in [-0.15, -0.1) is 11.8 Å². The number of thioether (sulfide) groups is 1. The van der Waals surface area contributed by atoms with Gasteiger partial charge in [0, 0.05) is 29.3 Å². The maximum absolute atomic E-state index is 12.9. The van der Waals surface area contributed by atoms with Gasteiger partial charge in [-0.2, -0.15) is 0 Å². The Balaban J connectivity index is 1.71. The summed E-state index contributed by atoms with van der Waals surface area (Å²) >= 11 is 1.62. The zero-order chi connectivity index (χ0) is 22.5. The van der Waals surface area contributed by atoms with Crippen molar-refractivity contribution in [1.82, 2.24) is 10.0 Å². The Morgan fingerprint density at radius 2 is 1.84 bits per heavy atom. The van der Waals surface area contributed by atoms with Crippen molar-refractivity contribution in [2.24, 2.45) is 0 Å². The average Bonchev–Trinajstić information content (AvgIpc) is 3.23. The smallest absolute Gasteiger partial charge is 0.252 e. The third-order valence-electron chi connectivity index (χ3n) is 4.72. The highest BCUT2D eigenvalue weighted by Gasteiger charge is 2.24. The van der Waals surface area contributed by atoms with E-state index in [-0.39, 0.29) is 23.5 Å².